The van der Waals surface area contributed by atoms with Gasteiger partial charge in [0.25, 0.3) is 0 Å². The van der Waals surface area contributed by atoms with Gasteiger partial charge in [-0.1, -0.05) is 19.8 Å². The van der Waals surface area contributed by atoms with Gasteiger partial charge in [-0.25, -0.2) is 9.78 Å². The van der Waals surface area contributed by atoms with E-state index in [1.807, 2.05) is 25.1 Å². The zero-order chi connectivity index (χ0) is 22.4. The van der Waals surface area contributed by atoms with Crippen molar-refractivity contribution in [3.8, 4) is 0 Å². The molecule has 0 aliphatic carbocycles. The first kappa shape index (κ1) is 23.4. The number of nitrogens with zero attached hydrogens (tertiary/aromatic N) is 2. The molecule has 0 spiro atoms. The number of Topliss-reactive ketones (excluding diaryl/α,β-unsaturated/α-hetero) is 1. The van der Waals surface area contributed by atoms with E-state index in [0.29, 0.717) is 22.2 Å². The fraction of sp³-hybridized carbons (Fsp3) is 0.500. The van der Waals surface area contributed by atoms with Crippen molar-refractivity contribution in [3.63, 3.8) is 0 Å². The Hall–Kier alpha value is -2.26. The van der Waals surface area contributed by atoms with Gasteiger partial charge < -0.3 is 15.2 Å². The number of thioether (sulfide) groups is 1. The number of hydrogen-bond acceptors (Lipinski definition) is 7. The Kier molecular flexibility index (Phi) is 8.20. The Morgan fingerprint density at radius 2 is 2.06 bits per heavy atom. The minimum atomic E-state index is -0.919. The van der Waals surface area contributed by atoms with Crippen molar-refractivity contribution < 1.29 is 19.5 Å². The van der Waals surface area contributed by atoms with Crippen LogP contribution in [0.4, 0.5) is 5.69 Å². The lowest BCUT2D eigenvalue weighted by Gasteiger charge is -2.15. The second-order valence-electron chi connectivity index (χ2n) is 7.70. The van der Waals surface area contributed by atoms with Crippen molar-refractivity contribution in [2.75, 3.05) is 11.1 Å². The van der Waals surface area contributed by atoms with Crippen LogP contribution in [0.15, 0.2) is 23.2 Å². The molecule has 0 radical (unpaired) electrons. The number of anilines is 1. The summed E-state index contributed by atoms with van der Waals surface area (Å²) in [6, 6.07) is 4.90. The van der Waals surface area contributed by atoms with Crippen LogP contribution in [0, 0.1) is 5.92 Å². The number of aliphatic imine (C=N–C) groups is 1. The quantitative estimate of drug-likeness (QED) is 0.468. The molecule has 0 unspecified atom stereocenters. The van der Waals surface area contributed by atoms with E-state index in [2.05, 4.69) is 15.3 Å². The number of hydrogen-bond donors (Lipinski definition) is 2. The number of benzene rings is 1. The van der Waals surface area contributed by atoms with E-state index in [0.717, 1.165) is 48.0 Å². The Balaban J connectivity index is 1.61. The maximum Gasteiger partial charge on any atom is 0.329 e. The van der Waals surface area contributed by atoms with Gasteiger partial charge in [-0.05, 0) is 44.4 Å². The fourth-order valence-corrected chi connectivity index (χ4v) is 5.52. The standard InChI is InChI=1S/C22H27N3O4S2/c1-3-14(8-6-4-5-7-13(2)26)19(27)23-15-9-10-16-18(11-15)31-21(24-16)20-25-17(12-30-20)22(28)29/h9-11,14,17H,3-8,12H2,1-2H3,(H,23,27)(H,28,29)/t14-,17+/m0/s1. The molecule has 0 saturated heterocycles. The summed E-state index contributed by atoms with van der Waals surface area (Å²) in [6.07, 6.45) is 4.98. The molecule has 2 N–H and O–H groups in total. The van der Waals surface area contributed by atoms with Crippen molar-refractivity contribution in [2.45, 2.75) is 58.4 Å². The van der Waals surface area contributed by atoms with Crippen molar-refractivity contribution >= 4 is 61.7 Å². The fourth-order valence-electron chi connectivity index (χ4n) is 3.42. The molecule has 0 bridgehead atoms. The number of amides is 1. The number of aliphatic carboxylic acids is 1. The number of ketones is 1. The van der Waals surface area contributed by atoms with Crippen molar-refractivity contribution in [1.82, 2.24) is 4.98 Å². The first-order valence-corrected chi connectivity index (χ1v) is 12.3. The molecule has 2 atom stereocenters. The number of carboxylic acids is 1. The molecule has 1 aliphatic heterocycles. The molecule has 2 aromatic rings. The molecule has 3 rings (SSSR count). The smallest absolute Gasteiger partial charge is 0.329 e. The Morgan fingerprint density at radius 3 is 2.74 bits per heavy atom. The van der Waals surface area contributed by atoms with Crippen LogP contribution in [0.2, 0.25) is 0 Å². The maximum absolute atomic E-state index is 12.7. The Morgan fingerprint density at radius 1 is 1.26 bits per heavy atom. The van der Waals surface area contributed by atoms with Crippen LogP contribution in [-0.4, -0.2) is 44.6 Å². The molecule has 9 heteroatoms. The van der Waals surface area contributed by atoms with Crippen LogP contribution in [0.3, 0.4) is 0 Å². The van der Waals surface area contributed by atoms with Gasteiger partial charge in [-0.15, -0.1) is 23.1 Å². The summed E-state index contributed by atoms with van der Waals surface area (Å²) < 4.78 is 0.923. The van der Waals surface area contributed by atoms with Crippen LogP contribution < -0.4 is 5.32 Å². The number of thiazole rings is 1. The highest BCUT2D eigenvalue weighted by Gasteiger charge is 2.27. The molecule has 0 saturated carbocycles. The minimum absolute atomic E-state index is 0.0122. The van der Waals surface area contributed by atoms with Crippen molar-refractivity contribution in [1.29, 1.82) is 0 Å². The topological polar surface area (TPSA) is 109 Å². The van der Waals surface area contributed by atoms with E-state index in [1.54, 1.807) is 6.92 Å². The number of rotatable bonds is 11. The lowest BCUT2D eigenvalue weighted by molar-refractivity contribution is -0.137. The molecule has 1 amide bonds. The molecule has 166 valence electrons. The predicted molar refractivity (Wildman–Crippen MR) is 126 cm³/mol. The lowest BCUT2D eigenvalue weighted by atomic mass is 9.97. The summed E-state index contributed by atoms with van der Waals surface area (Å²) in [4.78, 5) is 43.7. The van der Waals surface area contributed by atoms with E-state index in [1.165, 1.54) is 23.1 Å². The molecular weight excluding hydrogens is 434 g/mol. The zero-order valence-electron chi connectivity index (χ0n) is 17.7. The summed E-state index contributed by atoms with van der Waals surface area (Å²) in [7, 11) is 0. The molecule has 1 aromatic heterocycles. The van der Waals surface area contributed by atoms with Gasteiger partial charge >= 0.3 is 5.97 Å². The zero-order valence-corrected chi connectivity index (χ0v) is 19.4. The number of unbranched alkanes of at least 4 members (excludes halogenated alkanes) is 2. The SMILES string of the molecule is CC[C@@H](CCCCCC(C)=O)C(=O)Nc1ccc2nc(C3=N[C@@H](C(=O)O)CS3)sc2c1. The van der Waals surface area contributed by atoms with Crippen molar-refractivity contribution in [3.05, 3.63) is 23.2 Å². The van der Waals surface area contributed by atoms with Gasteiger partial charge in [0.1, 0.15) is 15.8 Å². The summed E-state index contributed by atoms with van der Waals surface area (Å²) in [6.45, 7) is 3.63. The summed E-state index contributed by atoms with van der Waals surface area (Å²) >= 11 is 2.86. The number of carboxylic acid groups (broad SMARTS) is 1. The highest BCUT2D eigenvalue weighted by atomic mass is 32.2. The number of fused-ring (bicyclic) bond motifs is 1. The third kappa shape index (κ3) is 6.36. The molecule has 7 nitrogen and oxygen atoms in total. The maximum atomic E-state index is 12.7. The summed E-state index contributed by atoms with van der Waals surface area (Å²) in [5.41, 5.74) is 1.53. The Labute approximate surface area is 189 Å². The minimum Gasteiger partial charge on any atom is -0.480 e. The van der Waals surface area contributed by atoms with Crippen LogP contribution in [0.5, 0.6) is 0 Å². The molecule has 2 heterocycles. The van der Waals surface area contributed by atoms with Gasteiger partial charge in [0.15, 0.2) is 6.04 Å². The number of carbonyl (C=O) groups is 3. The van der Waals surface area contributed by atoms with Gasteiger partial charge in [-0.3, -0.25) is 9.79 Å². The van der Waals surface area contributed by atoms with Crippen LogP contribution in [0.25, 0.3) is 10.2 Å². The average Bonchev–Trinajstić information content (AvgIpc) is 3.37. The van der Waals surface area contributed by atoms with E-state index in [-0.39, 0.29) is 17.6 Å². The normalized spacial score (nSPS) is 16.8. The van der Waals surface area contributed by atoms with E-state index in [4.69, 9.17) is 5.11 Å². The lowest BCUT2D eigenvalue weighted by Crippen LogP contribution is -2.22. The first-order valence-electron chi connectivity index (χ1n) is 10.5. The van der Waals surface area contributed by atoms with Crippen molar-refractivity contribution in [2.24, 2.45) is 10.9 Å². The van der Waals surface area contributed by atoms with Gasteiger partial charge in [-0.2, -0.15) is 0 Å². The first-order chi connectivity index (χ1) is 14.9. The highest BCUT2D eigenvalue weighted by molar-refractivity contribution is 8.15. The third-order valence-corrected chi connectivity index (χ3v) is 7.43. The Bertz CT molecular complexity index is 1000. The second-order valence-corrected chi connectivity index (χ2v) is 9.74. The largest absolute Gasteiger partial charge is 0.480 e. The van der Waals surface area contributed by atoms with Crippen LogP contribution >= 0.6 is 23.1 Å². The van der Waals surface area contributed by atoms with E-state index >= 15 is 0 Å². The van der Waals surface area contributed by atoms with Crippen LogP contribution in [-0.2, 0) is 14.4 Å². The second kappa shape index (κ2) is 10.9. The molecule has 1 aromatic carbocycles. The average molecular weight is 462 g/mol. The van der Waals surface area contributed by atoms with E-state index in [9.17, 15) is 14.4 Å². The van der Waals surface area contributed by atoms with Crippen LogP contribution in [0.1, 0.15) is 57.4 Å². The molecule has 31 heavy (non-hydrogen) atoms. The predicted octanol–water partition coefficient (Wildman–Crippen LogP) is 4.75. The summed E-state index contributed by atoms with van der Waals surface area (Å²) in [5, 5.41) is 13.5. The number of nitrogens with one attached hydrogen (secondary N) is 1. The molecule has 0 fully saturated rings. The monoisotopic (exact) mass is 461 g/mol. The van der Waals surface area contributed by atoms with Gasteiger partial charge in [0, 0.05) is 23.8 Å². The van der Waals surface area contributed by atoms with E-state index < -0.39 is 12.0 Å². The number of carbonyl (C=O) groups excluding carboxylic acids is 2. The van der Waals surface area contributed by atoms with Gasteiger partial charge in [0.2, 0.25) is 5.91 Å². The summed E-state index contributed by atoms with van der Waals surface area (Å²) in [5.74, 6) is -0.320. The molecular formula is C22H27N3O4S2. The highest BCUT2D eigenvalue weighted by Crippen LogP contribution is 2.31. The molecule has 1 aliphatic rings. The van der Waals surface area contributed by atoms with Gasteiger partial charge in [0.05, 0.1) is 10.2 Å². The number of aromatic nitrogens is 1. The third-order valence-electron chi connectivity index (χ3n) is 5.22.